The Morgan fingerprint density at radius 2 is 1.80 bits per heavy atom. The van der Waals surface area contributed by atoms with Crippen LogP contribution in [0.4, 0.5) is 4.39 Å². The highest BCUT2D eigenvalue weighted by atomic mass is 19.1. The summed E-state index contributed by atoms with van der Waals surface area (Å²) in [4.78, 5) is 4.91. The van der Waals surface area contributed by atoms with Crippen LogP contribution >= 0.6 is 0 Å². The molecule has 0 amide bonds. The van der Waals surface area contributed by atoms with Crippen LogP contribution in [0, 0.1) is 17.7 Å². The summed E-state index contributed by atoms with van der Waals surface area (Å²) >= 11 is 0. The van der Waals surface area contributed by atoms with Crippen LogP contribution in [0.1, 0.15) is 31.2 Å². The van der Waals surface area contributed by atoms with Crippen LogP contribution in [0.15, 0.2) is 18.2 Å². The Balaban J connectivity index is 1.62. The van der Waals surface area contributed by atoms with Gasteiger partial charge >= 0.3 is 0 Å². The summed E-state index contributed by atoms with van der Waals surface area (Å²) in [6.07, 6.45) is 5.27. The van der Waals surface area contributed by atoms with Crippen LogP contribution < -0.4 is 4.74 Å². The summed E-state index contributed by atoms with van der Waals surface area (Å²) < 4.78 is 19.0. The molecule has 2 heterocycles. The third-order valence-electron chi connectivity index (χ3n) is 5.71. The minimum Gasteiger partial charge on any atom is -0.496 e. The van der Waals surface area contributed by atoms with E-state index in [-0.39, 0.29) is 12.4 Å². The van der Waals surface area contributed by atoms with Gasteiger partial charge in [0.2, 0.25) is 0 Å². The molecule has 25 heavy (non-hydrogen) atoms. The van der Waals surface area contributed by atoms with Crippen LogP contribution in [-0.4, -0.2) is 61.3 Å². The van der Waals surface area contributed by atoms with Crippen LogP contribution in [0.2, 0.25) is 0 Å². The van der Waals surface area contributed by atoms with Crippen molar-refractivity contribution in [1.82, 2.24) is 9.80 Å². The van der Waals surface area contributed by atoms with Crippen LogP contribution in [0.25, 0.3) is 0 Å². The number of nitrogens with zero attached hydrogens (tertiary/aromatic N) is 2. The zero-order chi connectivity index (χ0) is 17.6. The molecule has 1 aromatic carbocycles. The summed E-state index contributed by atoms with van der Waals surface area (Å²) in [5.74, 6) is 1.30. The van der Waals surface area contributed by atoms with Gasteiger partial charge in [-0.2, -0.15) is 0 Å². The summed E-state index contributed by atoms with van der Waals surface area (Å²) in [5, 5.41) is 9.82. The van der Waals surface area contributed by atoms with E-state index in [0.29, 0.717) is 18.4 Å². The number of aliphatic hydroxyl groups excluding tert-OH is 1. The SMILES string of the molecule is COc1ccc(F)cc1CN1C[C@@H](CN2CCCCCC2)[C@@H](CO)C1. The smallest absolute Gasteiger partial charge is 0.123 e. The third kappa shape index (κ3) is 4.93. The molecule has 0 spiro atoms. The highest BCUT2D eigenvalue weighted by molar-refractivity contribution is 5.34. The fourth-order valence-electron chi connectivity index (χ4n) is 4.34. The quantitative estimate of drug-likeness (QED) is 0.856. The zero-order valence-corrected chi connectivity index (χ0v) is 15.3. The predicted octanol–water partition coefficient (Wildman–Crippen LogP) is 2.75. The van der Waals surface area contributed by atoms with Crippen LogP contribution in [0.5, 0.6) is 5.75 Å². The molecule has 140 valence electrons. The number of methoxy groups -OCH3 is 1. The second kappa shape index (κ2) is 8.97. The zero-order valence-electron chi connectivity index (χ0n) is 15.3. The molecule has 2 aliphatic heterocycles. The first-order valence-electron chi connectivity index (χ1n) is 9.57. The maximum Gasteiger partial charge on any atom is 0.123 e. The van der Waals surface area contributed by atoms with Gasteiger partial charge in [-0.05, 0) is 56.0 Å². The third-order valence-corrected chi connectivity index (χ3v) is 5.71. The molecule has 2 saturated heterocycles. The van der Waals surface area contributed by atoms with Crippen molar-refractivity contribution in [3.8, 4) is 5.75 Å². The van der Waals surface area contributed by atoms with Crippen molar-refractivity contribution in [2.45, 2.75) is 32.2 Å². The van der Waals surface area contributed by atoms with E-state index in [2.05, 4.69) is 9.80 Å². The second-order valence-corrected chi connectivity index (χ2v) is 7.57. The number of benzene rings is 1. The van der Waals surface area contributed by atoms with Crippen molar-refractivity contribution in [3.05, 3.63) is 29.6 Å². The lowest BCUT2D eigenvalue weighted by molar-refractivity contribution is 0.165. The average molecular weight is 350 g/mol. The first-order chi connectivity index (χ1) is 12.2. The van der Waals surface area contributed by atoms with Gasteiger partial charge < -0.3 is 14.7 Å². The van der Waals surface area contributed by atoms with Crippen molar-refractivity contribution in [2.24, 2.45) is 11.8 Å². The molecular weight excluding hydrogens is 319 g/mol. The first-order valence-corrected chi connectivity index (χ1v) is 9.57. The topological polar surface area (TPSA) is 35.9 Å². The molecule has 2 atom stereocenters. The Morgan fingerprint density at radius 3 is 2.48 bits per heavy atom. The lowest BCUT2D eigenvalue weighted by Crippen LogP contribution is -2.34. The van der Waals surface area contributed by atoms with Gasteiger partial charge in [-0.3, -0.25) is 4.90 Å². The van der Waals surface area contributed by atoms with Crippen LogP contribution in [0.3, 0.4) is 0 Å². The molecule has 5 heteroatoms. The highest BCUT2D eigenvalue weighted by Crippen LogP contribution is 2.29. The highest BCUT2D eigenvalue weighted by Gasteiger charge is 2.33. The van der Waals surface area contributed by atoms with Crippen LogP contribution in [-0.2, 0) is 6.54 Å². The lowest BCUT2D eigenvalue weighted by Gasteiger charge is -2.26. The number of hydrogen-bond acceptors (Lipinski definition) is 4. The molecule has 0 aliphatic carbocycles. The molecule has 1 aromatic rings. The van der Waals surface area contributed by atoms with E-state index in [1.165, 1.54) is 44.8 Å². The molecule has 4 nitrogen and oxygen atoms in total. The van der Waals surface area contributed by atoms with Gasteiger partial charge in [-0.1, -0.05) is 12.8 Å². The second-order valence-electron chi connectivity index (χ2n) is 7.57. The Labute approximate surface area is 150 Å². The maximum absolute atomic E-state index is 13.6. The van der Waals surface area contributed by atoms with Gasteiger partial charge in [0.1, 0.15) is 11.6 Å². The molecular formula is C20H31FN2O2. The summed E-state index contributed by atoms with van der Waals surface area (Å²) in [5.41, 5.74) is 0.884. The predicted molar refractivity (Wildman–Crippen MR) is 97.2 cm³/mol. The van der Waals surface area contributed by atoms with E-state index in [9.17, 15) is 9.50 Å². The maximum atomic E-state index is 13.6. The molecule has 0 aromatic heterocycles. The normalized spacial score (nSPS) is 25.9. The number of halogens is 1. The first kappa shape index (κ1) is 18.6. The molecule has 0 radical (unpaired) electrons. The van der Waals surface area contributed by atoms with Crippen molar-refractivity contribution < 1.29 is 14.2 Å². The molecule has 0 bridgehead atoms. The van der Waals surface area contributed by atoms with E-state index in [1.54, 1.807) is 19.2 Å². The van der Waals surface area contributed by atoms with Gasteiger partial charge in [0.15, 0.2) is 0 Å². The minimum atomic E-state index is -0.227. The Bertz CT molecular complexity index is 546. The Morgan fingerprint density at radius 1 is 1.08 bits per heavy atom. The lowest BCUT2D eigenvalue weighted by atomic mass is 9.96. The number of likely N-dealkylation sites (tertiary alicyclic amines) is 2. The number of ether oxygens (including phenoxy) is 1. The fraction of sp³-hybridized carbons (Fsp3) is 0.700. The number of rotatable bonds is 6. The molecule has 0 saturated carbocycles. The number of hydrogen-bond donors (Lipinski definition) is 1. The number of aliphatic hydroxyl groups is 1. The Hall–Kier alpha value is -1.17. The van der Waals surface area contributed by atoms with E-state index in [4.69, 9.17) is 4.74 Å². The van der Waals surface area contributed by atoms with Crippen molar-refractivity contribution in [3.63, 3.8) is 0 Å². The minimum absolute atomic E-state index is 0.227. The van der Waals surface area contributed by atoms with Crippen molar-refractivity contribution in [2.75, 3.05) is 46.4 Å². The molecule has 3 rings (SSSR count). The molecule has 2 aliphatic rings. The van der Waals surface area contributed by atoms with Gasteiger partial charge in [-0.15, -0.1) is 0 Å². The fourth-order valence-corrected chi connectivity index (χ4v) is 4.34. The monoisotopic (exact) mass is 350 g/mol. The van der Waals surface area contributed by atoms with Crippen molar-refractivity contribution >= 4 is 0 Å². The van der Waals surface area contributed by atoms with Crippen molar-refractivity contribution in [1.29, 1.82) is 0 Å². The summed E-state index contributed by atoms with van der Waals surface area (Å²) in [6, 6.07) is 4.69. The van der Waals surface area contributed by atoms with Gasteiger partial charge in [0.05, 0.1) is 7.11 Å². The van der Waals surface area contributed by atoms with E-state index in [1.807, 2.05) is 0 Å². The van der Waals surface area contributed by atoms with E-state index in [0.717, 1.165) is 30.9 Å². The standard InChI is InChI=1S/C20H31FN2O2/c1-25-20-7-6-19(21)10-16(20)11-23-13-17(18(14-23)15-24)12-22-8-4-2-3-5-9-22/h6-7,10,17-18,24H,2-5,8-9,11-15H2,1H3/t17-,18-/m1/s1. The van der Waals surface area contributed by atoms with Gasteiger partial charge in [-0.25, -0.2) is 4.39 Å². The van der Waals surface area contributed by atoms with E-state index >= 15 is 0 Å². The summed E-state index contributed by atoms with van der Waals surface area (Å²) in [7, 11) is 1.62. The average Bonchev–Trinajstić information content (AvgIpc) is 2.80. The summed E-state index contributed by atoms with van der Waals surface area (Å²) in [6.45, 7) is 6.18. The van der Waals surface area contributed by atoms with Gasteiger partial charge in [0.25, 0.3) is 0 Å². The molecule has 1 N–H and O–H groups in total. The Kier molecular flexibility index (Phi) is 6.68. The van der Waals surface area contributed by atoms with Gasteiger partial charge in [0, 0.05) is 38.3 Å². The molecule has 2 fully saturated rings. The largest absolute Gasteiger partial charge is 0.496 e. The molecule has 0 unspecified atom stereocenters. The van der Waals surface area contributed by atoms with E-state index < -0.39 is 0 Å².